The maximum atomic E-state index is 12.0. The summed E-state index contributed by atoms with van der Waals surface area (Å²) in [6.07, 6.45) is 1.03. The highest BCUT2D eigenvalue weighted by Gasteiger charge is 2.27. The molecule has 1 aromatic carbocycles. The maximum absolute atomic E-state index is 12.0. The lowest BCUT2D eigenvalue weighted by atomic mass is 9.94. The normalized spacial score (nSPS) is 13.9. The van der Waals surface area contributed by atoms with Gasteiger partial charge in [-0.15, -0.1) is 11.6 Å². The second-order valence-corrected chi connectivity index (χ2v) is 4.04. The smallest absolute Gasteiger partial charge is 0.312 e. The summed E-state index contributed by atoms with van der Waals surface area (Å²) in [5.41, 5.74) is 0.568. The van der Waals surface area contributed by atoms with Crippen LogP contribution >= 0.6 is 11.6 Å². The number of carbonyl (C=O) groups is 3. The van der Waals surface area contributed by atoms with E-state index in [1.807, 2.05) is 0 Å². The SMILES string of the molecule is O=C(CCCl)OC1=CC(=O)c2ccccc2C1=O. The van der Waals surface area contributed by atoms with Crippen LogP contribution in [0.3, 0.4) is 0 Å². The van der Waals surface area contributed by atoms with Gasteiger partial charge in [0.15, 0.2) is 11.5 Å². The summed E-state index contributed by atoms with van der Waals surface area (Å²) in [5, 5.41) is 0. The minimum absolute atomic E-state index is 0.0119. The van der Waals surface area contributed by atoms with Gasteiger partial charge in [0.25, 0.3) is 0 Å². The third-order valence-electron chi connectivity index (χ3n) is 2.45. The Labute approximate surface area is 108 Å². The molecule has 0 N–H and O–H groups in total. The molecule has 0 unspecified atom stereocenters. The Hall–Kier alpha value is -1.94. The van der Waals surface area contributed by atoms with E-state index in [1.165, 1.54) is 6.07 Å². The van der Waals surface area contributed by atoms with Crippen LogP contribution in [0.1, 0.15) is 27.1 Å². The number of esters is 1. The molecule has 0 aromatic heterocycles. The van der Waals surface area contributed by atoms with Crippen molar-refractivity contribution < 1.29 is 19.1 Å². The van der Waals surface area contributed by atoms with Crippen LogP contribution in [0, 0.1) is 0 Å². The first kappa shape index (κ1) is 12.5. The highest BCUT2D eigenvalue weighted by Crippen LogP contribution is 2.21. The van der Waals surface area contributed by atoms with E-state index >= 15 is 0 Å². The zero-order valence-corrected chi connectivity index (χ0v) is 10.1. The van der Waals surface area contributed by atoms with Crippen LogP contribution in [0.15, 0.2) is 36.1 Å². The zero-order valence-electron chi connectivity index (χ0n) is 9.31. The number of hydrogen-bond acceptors (Lipinski definition) is 4. The molecule has 5 heteroatoms. The van der Waals surface area contributed by atoms with Crippen LogP contribution in [-0.2, 0) is 9.53 Å². The number of alkyl halides is 1. The van der Waals surface area contributed by atoms with Gasteiger partial charge < -0.3 is 4.74 Å². The second kappa shape index (κ2) is 5.14. The average Bonchev–Trinajstić information content (AvgIpc) is 2.36. The Morgan fingerprint density at radius 2 is 1.83 bits per heavy atom. The minimum Gasteiger partial charge on any atom is -0.422 e. The molecule has 0 saturated carbocycles. The summed E-state index contributed by atoms with van der Waals surface area (Å²) in [6, 6.07) is 6.40. The van der Waals surface area contributed by atoms with Crippen molar-refractivity contribution in [2.45, 2.75) is 6.42 Å². The van der Waals surface area contributed by atoms with Gasteiger partial charge in [-0.2, -0.15) is 0 Å². The first-order valence-corrected chi connectivity index (χ1v) is 5.83. The molecule has 18 heavy (non-hydrogen) atoms. The van der Waals surface area contributed by atoms with Crippen LogP contribution in [-0.4, -0.2) is 23.4 Å². The number of halogens is 1. The number of Topliss-reactive ketones (excluding diaryl/α,β-unsaturated/α-hetero) is 1. The van der Waals surface area contributed by atoms with E-state index in [9.17, 15) is 14.4 Å². The molecule has 2 rings (SSSR count). The van der Waals surface area contributed by atoms with Gasteiger partial charge in [0.2, 0.25) is 5.78 Å². The number of allylic oxidation sites excluding steroid dienone is 2. The number of carbonyl (C=O) groups excluding carboxylic acids is 3. The number of hydrogen-bond donors (Lipinski definition) is 0. The summed E-state index contributed by atoms with van der Waals surface area (Å²) in [5.74, 6) is -1.58. The zero-order chi connectivity index (χ0) is 13.1. The van der Waals surface area contributed by atoms with Gasteiger partial charge >= 0.3 is 5.97 Å². The van der Waals surface area contributed by atoms with Gasteiger partial charge in [0.05, 0.1) is 6.42 Å². The van der Waals surface area contributed by atoms with Crippen molar-refractivity contribution in [1.82, 2.24) is 0 Å². The molecule has 1 aromatic rings. The highest BCUT2D eigenvalue weighted by atomic mass is 35.5. The third-order valence-corrected chi connectivity index (χ3v) is 2.63. The van der Waals surface area contributed by atoms with E-state index in [-0.39, 0.29) is 29.4 Å². The molecule has 0 amide bonds. The van der Waals surface area contributed by atoms with E-state index < -0.39 is 11.8 Å². The predicted molar refractivity (Wildman–Crippen MR) is 64.6 cm³/mol. The van der Waals surface area contributed by atoms with E-state index in [0.717, 1.165) is 6.08 Å². The molecule has 0 spiro atoms. The largest absolute Gasteiger partial charge is 0.422 e. The fourth-order valence-electron chi connectivity index (χ4n) is 1.62. The molecule has 4 nitrogen and oxygen atoms in total. The molecule has 0 saturated heterocycles. The van der Waals surface area contributed by atoms with E-state index in [0.29, 0.717) is 5.56 Å². The topological polar surface area (TPSA) is 60.4 Å². The van der Waals surface area contributed by atoms with Crippen molar-refractivity contribution in [2.75, 3.05) is 5.88 Å². The van der Waals surface area contributed by atoms with Crippen molar-refractivity contribution in [3.8, 4) is 0 Å². The first-order valence-electron chi connectivity index (χ1n) is 5.30. The summed E-state index contributed by atoms with van der Waals surface area (Å²) >= 11 is 5.39. The van der Waals surface area contributed by atoms with E-state index in [2.05, 4.69) is 0 Å². The molecular weight excluding hydrogens is 256 g/mol. The summed E-state index contributed by atoms with van der Waals surface area (Å²) in [4.78, 5) is 35.0. The Balaban J connectivity index is 2.28. The van der Waals surface area contributed by atoms with Crippen molar-refractivity contribution >= 4 is 29.1 Å². The quantitative estimate of drug-likeness (QED) is 0.620. The van der Waals surface area contributed by atoms with Crippen LogP contribution < -0.4 is 0 Å². The second-order valence-electron chi connectivity index (χ2n) is 3.66. The Kier molecular flexibility index (Phi) is 3.58. The van der Waals surface area contributed by atoms with Gasteiger partial charge in [-0.25, -0.2) is 0 Å². The lowest BCUT2D eigenvalue weighted by molar-refractivity contribution is -0.138. The summed E-state index contributed by atoms with van der Waals surface area (Å²) in [6.45, 7) is 0. The van der Waals surface area contributed by atoms with Crippen molar-refractivity contribution in [1.29, 1.82) is 0 Å². The van der Waals surface area contributed by atoms with Gasteiger partial charge in [0, 0.05) is 23.1 Å². The molecule has 0 atom stereocenters. The number of ketones is 2. The standard InChI is InChI=1S/C13H9ClO4/c14-6-5-12(16)18-11-7-10(15)8-3-1-2-4-9(8)13(11)17/h1-4,7H,5-6H2. The first-order chi connectivity index (χ1) is 8.63. The highest BCUT2D eigenvalue weighted by molar-refractivity contribution is 6.24. The Morgan fingerprint density at radius 1 is 1.17 bits per heavy atom. The summed E-state index contributed by atoms with van der Waals surface area (Å²) < 4.78 is 4.84. The lowest BCUT2D eigenvalue weighted by Crippen LogP contribution is -2.20. The lowest BCUT2D eigenvalue weighted by Gasteiger charge is -2.14. The molecule has 0 bridgehead atoms. The number of ether oxygens (including phenoxy) is 1. The average molecular weight is 265 g/mol. The molecule has 1 aliphatic carbocycles. The van der Waals surface area contributed by atoms with Gasteiger partial charge in [0.1, 0.15) is 0 Å². The Morgan fingerprint density at radius 3 is 2.50 bits per heavy atom. The fraction of sp³-hybridized carbons (Fsp3) is 0.154. The molecule has 0 heterocycles. The van der Waals surface area contributed by atoms with Crippen molar-refractivity contribution in [3.63, 3.8) is 0 Å². The monoisotopic (exact) mass is 264 g/mol. The molecule has 0 radical (unpaired) electrons. The predicted octanol–water partition coefficient (Wildman–Crippen LogP) is 2.12. The van der Waals surface area contributed by atoms with Gasteiger partial charge in [-0.05, 0) is 0 Å². The van der Waals surface area contributed by atoms with Crippen molar-refractivity contribution in [3.05, 3.63) is 47.2 Å². The maximum Gasteiger partial charge on any atom is 0.312 e. The molecule has 1 aliphatic rings. The van der Waals surface area contributed by atoms with Crippen molar-refractivity contribution in [2.24, 2.45) is 0 Å². The summed E-state index contributed by atoms with van der Waals surface area (Å²) in [7, 11) is 0. The number of benzene rings is 1. The molecule has 0 fully saturated rings. The van der Waals surface area contributed by atoms with Crippen LogP contribution in [0.2, 0.25) is 0 Å². The van der Waals surface area contributed by atoms with Crippen LogP contribution in [0.25, 0.3) is 0 Å². The van der Waals surface area contributed by atoms with Gasteiger partial charge in [-0.1, -0.05) is 24.3 Å². The fourth-order valence-corrected chi connectivity index (χ4v) is 1.77. The van der Waals surface area contributed by atoms with Gasteiger partial charge in [-0.3, -0.25) is 14.4 Å². The Bertz CT molecular complexity index is 560. The number of fused-ring (bicyclic) bond motifs is 1. The number of rotatable bonds is 3. The third kappa shape index (κ3) is 2.33. The molecular formula is C13H9ClO4. The van der Waals surface area contributed by atoms with E-state index in [4.69, 9.17) is 16.3 Å². The minimum atomic E-state index is -0.628. The van der Waals surface area contributed by atoms with E-state index in [1.54, 1.807) is 18.2 Å². The molecule has 92 valence electrons. The van der Waals surface area contributed by atoms with Crippen LogP contribution in [0.5, 0.6) is 0 Å². The molecule has 0 aliphatic heterocycles. The van der Waals surface area contributed by atoms with Crippen LogP contribution in [0.4, 0.5) is 0 Å².